The van der Waals surface area contributed by atoms with Crippen molar-refractivity contribution in [2.24, 2.45) is 0 Å². The van der Waals surface area contributed by atoms with Crippen molar-refractivity contribution in [2.75, 3.05) is 7.11 Å². The monoisotopic (exact) mass is 159 g/mol. The van der Waals surface area contributed by atoms with E-state index in [0.717, 1.165) is 7.11 Å². The van der Waals surface area contributed by atoms with Crippen molar-refractivity contribution < 1.29 is 29.7 Å². The van der Waals surface area contributed by atoms with Gasteiger partial charge < -0.3 is 0 Å². The Kier molecular flexibility index (Phi) is 8.74. The minimum absolute atomic E-state index is 0. The molecule has 0 atom stereocenters. The van der Waals surface area contributed by atoms with Gasteiger partial charge in [-0.25, -0.2) is 8.42 Å². The van der Waals surface area contributed by atoms with Gasteiger partial charge in [0.15, 0.2) is 0 Å². The van der Waals surface area contributed by atoms with Crippen LogP contribution in [-0.4, -0.2) is 15.5 Å². The molecule has 0 amide bonds. The molecule has 0 heterocycles. The molecule has 0 aliphatic heterocycles. The van der Waals surface area contributed by atoms with Crippen molar-refractivity contribution in [1.82, 2.24) is 0 Å². The van der Waals surface area contributed by atoms with Gasteiger partial charge in [0.1, 0.15) is 0 Å². The van der Waals surface area contributed by atoms with Gasteiger partial charge in [0, 0.05) is 17.1 Å². The van der Waals surface area contributed by atoms with Crippen molar-refractivity contribution in [3.63, 3.8) is 0 Å². The molecule has 5 heteroatoms. The molecule has 0 fully saturated rings. The zero-order valence-electron chi connectivity index (χ0n) is 2.97. The maximum atomic E-state index is 9.18. The zero-order valence-corrected chi connectivity index (χ0v) is 4.81. The molecule has 0 aromatic carbocycles. The predicted octanol–water partition coefficient (Wildman–Crippen LogP) is -0.843. The van der Waals surface area contributed by atoms with Gasteiger partial charge in [-0.2, -0.15) is 0 Å². The van der Waals surface area contributed by atoms with Gasteiger partial charge in [-0.05, 0) is 0 Å². The molecule has 6 heavy (non-hydrogen) atoms. The molecule has 0 rings (SSSR count). The molecule has 0 aromatic heterocycles. The molecule has 43 valence electrons. The van der Waals surface area contributed by atoms with E-state index in [4.69, 9.17) is 0 Å². The molecular formula is CH4CuO3S. The molecule has 0 bridgehead atoms. The average Bonchev–Trinajstić information content (AvgIpc) is 1.38. The van der Waals surface area contributed by atoms with Gasteiger partial charge >= 0.3 is 0 Å². The molecule has 0 spiro atoms. The van der Waals surface area contributed by atoms with Crippen molar-refractivity contribution in [3.05, 3.63) is 0 Å². The average molecular weight is 160 g/mol. The second kappa shape index (κ2) is 5.43. The Morgan fingerprint density at radius 1 is 1.50 bits per heavy atom. The maximum Gasteiger partial charge on any atom is 0.256 e. The smallest absolute Gasteiger partial charge is 0.256 e. The summed E-state index contributed by atoms with van der Waals surface area (Å²) in [4.78, 5) is 0. The minimum Gasteiger partial charge on any atom is -0.276 e. The summed E-state index contributed by atoms with van der Waals surface area (Å²) in [7, 11) is -1.50. The second-order valence-corrected chi connectivity index (χ2v) is 1.22. The van der Waals surface area contributed by atoms with E-state index in [9.17, 15) is 8.42 Å². The summed E-state index contributed by atoms with van der Waals surface area (Å²) in [6.45, 7) is 0. The topological polar surface area (TPSA) is 43.4 Å². The summed E-state index contributed by atoms with van der Waals surface area (Å²) < 4.78 is 22.1. The summed E-state index contributed by atoms with van der Waals surface area (Å²) in [6, 6.07) is 0. The van der Waals surface area contributed by atoms with Crippen LogP contribution < -0.4 is 0 Å². The molecule has 0 N–H and O–H groups in total. The minimum atomic E-state index is -2.60. The van der Waals surface area contributed by atoms with Gasteiger partial charge in [-0.1, -0.05) is 0 Å². The van der Waals surface area contributed by atoms with Gasteiger partial charge in [0.05, 0.1) is 7.11 Å². The van der Waals surface area contributed by atoms with Gasteiger partial charge in [0.2, 0.25) is 0 Å². The predicted molar refractivity (Wildman–Crippen MR) is 17.3 cm³/mol. The van der Waals surface area contributed by atoms with Crippen LogP contribution in [0.3, 0.4) is 0 Å². The molecule has 0 aliphatic rings. The van der Waals surface area contributed by atoms with Gasteiger partial charge in [-0.3, -0.25) is 4.18 Å². The van der Waals surface area contributed by atoms with Gasteiger partial charge in [-0.15, -0.1) is 0 Å². The normalized spacial score (nSPS) is 7.67. The van der Waals surface area contributed by atoms with Crippen molar-refractivity contribution in [1.29, 1.82) is 0 Å². The van der Waals surface area contributed by atoms with Crippen molar-refractivity contribution >= 4 is 11.0 Å². The number of hydrogen-bond donors (Lipinski definition) is 1. The first kappa shape index (κ1) is 9.66. The third-order valence-corrected chi connectivity index (χ3v) is 0.447. The van der Waals surface area contributed by atoms with E-state index in [0.29, 0.717) is 0 Å². The molecule has 0 aliphatic carbocycles. The summed E-state index contributed by atoms with van der Waals surface area (Å²) >= 11 is 0. The summed E-state index contributed by atoms with van der Waals surface area (Å²) in [6.07, 6.45) is 0. The van der Waals surface area contributed by atoms with E-state index in [1.807, 2.05) is 0 Å². The molecule has 3 nitrogen and oxygen atoms in total. The van der Waals surface area contributed by atoms with Crippen LogP contribution in [0.5, 0.6) is 0 Å². The third kappa shape index (κ3) is 8.83. The molecular weight excluding hydrogens is 156 g/mol. The number of thiol groups is 1. The fourth-order valence-electron chi connectivity index (χ4n) is 0. The molecule has 0 saturated carbocycles. The van der Waals surface area contributed by atoms with Gasteiger partial charge in [0.25, 0.3) is 11.0 Å². The van der Waals surface area contributed by atoms with Crippen molar-refractivity contribution in [2.45, 2.75) is 0 Å². The van der Waals surface area contributed by atoms with Crippen molar-refractivity contribution in [3.8, 4) is 0 Å². The van der Waals surface area contributed by atoms with Crippen LogP contribution in [0.4, 0.5) is 0 Å². The third-order valence-electron chi connectivity index (χ3n) is 0.149. The Morgan fingerprint density at radius 3 is 1.67 bits per heavy atom. The van der Waals surface area contributed by atoms with Crippen LogP contribution in [0.2, 0.25) is 0 Å². The first-order valence-corrected chi connectivity index (χ1v) is 2.05. The number of rotatable bonds is 1. The fourth-order valence-corrected chi connectivity index (χ4v) is 0. The largest absolute Gasteiger partial charge is 0.276 e. The quantitative estimate of drug-likeness (QED) is 0.401. The summed E-state index contributed by atoms with van der Waals surface area (Å²) in [5.74, 6) is 0. The number of hydrogen-bond acceptors (Lipinski definition) is 3. The van der Waals surface area contributed by atoms with E-state index in [-0.39, 0.29) is 17.1 Å². The van der Waals surface area contributed by atoms with Crippen LogP contribution in [0, 0.1) is 0 Å². The molecule has 1 radical (unpaired) electrons. The summed E-state index contributed by atoms with van der Waals surface area (Å²) in [5, 5.41) is 0. The van der Waals surface area contributed by atoms with E-state index >= 15 is 0 Å². The zero-order chi connectivity index (χ0) is 4.28. The Balaban J connectivity index is 0. The van der Waals surface area contributed by atoms with Crippen LogP contribution in [0.25, 0.3) is 0 Å². The Morgan fingerprint density at radius 2 is 1.67 bits per heavy atom. The van der Waals surface area contributed by atoms with Crippen LogP contribution in [0.15, 0.2) is 0 Å². The maximum absolute atomic E-state index is 9.18. The second-order valence-electron chi connectivity index (χ2n) is 0.406. The Hall–Kier alpha value is 0.429. The van der Waals surface area contributed by atoms with Crippen LogP contribution >= 0.6 is 0 Å². The van der Waals surface area contributed by atoms with E-state index in [1.54, 1.807) is 0 Å². The summed E-state index contributed by atoms with van der Waals surface area (Å²) in [5.41, 5.74) is 0. The molecule has 0 unspecified atom stereocenters. The van der Waals surface area contributed by atoms with E-state index in [1.165, 1.54) is 0 Å². The standard InChI is InChI=1S/CH4O3S.Cu/c1-4-5(2)3;/h5H,1H3;. The SMILES string of the molecule is CO[SH](=O)=O.[Cu]. The molecule has 0 saturated heterocycles. The fraction of sp³-hybridized carbons (Fsp3) is 1.00. The van der Waals surface area contributed by atoms with E-state index < -0.39 is 11.0 Å². The van der Waals surface area contributed by atoms with E-state index in [2.05, 4.69) is 4.18 Å². The van der Waals surface area contributed by atoms with Crippen LogP contribution in [-0.2, 0) is 32.2 Å². The van der Waals surface area contributed by atoms with Crippen LogP contribution in [0.1, 0.15) is 0 Å². The Bertz CT molecular complexity index is 68.9. The molecule has 0 aromatic rings. The first-order valence-electron chi connectivity index (χ1n) is 0.956. The first-order chi connectivity index (χ1) is 2.27. The Labute approximate surface area is 48.3 Å².